The van der Waals surface area contributed by atoms with Crippen LogP contribution in [0, 0.1) is 6.08 Å². The number of halogens is 1. The maximum Gasteiger partial charge on any atom is 0.238 e. The number of aromatic nitrogens is 4. The Balaban J connectivity index is 1.31. The minimum absolute atomic E-state index is 0.554. The molecule has 8 aromatic rings. The Morgan fingerprint density at radius 1 is 0.521 bits per heavy atom. The third-order valence-corrected chi connectivity index (χ3v) is 9.04. The van der Waals surface area contributed by atoms with Crippen LogP contribution in [0.1, 0.15) is 5.56 Å². The van der Waals surface area contributed by atoms with Gasteiger partial charge in [-0.25, -0.2) is 4.98 Å². The molecule has 0 saturated carbocycles. The van der Waals surface area contributed by atoms with Crippen molar-refractivity contribution in [2.45, 2.75) is 0 Å². The van der Waals surface area contributed by atoms with Crippen molar-refractivity contribution in [1.29, 1.82) is 0 Å². The molecule has 0 fully saturated rings. The molecule has 224 valence electrons. The first kappa shape index (κ1) is 28.1. The SMILES string of the molecule is Clc1ccc2cc3c(cc2c1)c1ccccc1n3-c1nc(-c2cccc(C3=CC=C[C+]=C3)c2)nc(-c2cccc(-c3ccccc3)c2)n1. The van der Waals surface area contributed by atoms with Crippen LogP contribution in [0.5, 0.6) is 0 Å². The molecule has 0 N–H and O–H groups in total. The van der Waals surface area contributed by atoms with Crippen LogP contribution in [-0.2, 0) is 0 Å². The van der Waals surface area contributed by atoms with Crippen LogP contribution in [0.15, 0.2) is 158 Å². The smallest absolute Gasteiger partial charge is 0.238 e. The standard InChI is InChI=1S/C43H26ClN4/c44-36-22-21-32-27-40-38(26-35(32)25-36)37-19-7-8-20-39(37)48(40)43-46-41(33-17-9-15-30(23-33)28-11-3-1-4-12-28)45-42(47-43)34-18-10-16-31(24-34)29-13-5-2-6-14-29/h1-5,7-27H/q+1. The molecule has 9 rings (SSSR count). The van der Waals surface area contributed by atoms with Gasteiger partial charge in [-0.05, 0) is 70.4 Å². The summed E-state index contributed by atoms with van der Waals surface area (Å²) < 4.78 is 2.16. The molecule has 0 aliphatic heterocycles. The van der Waals surface area contributed by atoms with E-state index in [0.717, 1.165) is 66.0 Å². The fourth-order valence-corrected chi connectivity index (χ4v) is 6.68. The molecule has 1 aliphatic rings. The molecule has 4 nitrogen and oxygen atoms in total. The van der Waals surface area contributed by atoms with E-state index >= 15 is 0 Å². The highest BCUT2D eigenvalue weighted by molar-refractivity contribution is 6.31. The molecule has 0 spiro atoms. The first-order valence-electron chi connectivity index (χ1n) is 15.8. The van der Waals surface area contributed by atoms with Crippen molar-refractivity contribution >= 4 is 49.8 Å². The molecule has 0 saturated heterocycles. The molecule has 1 aliphatic carbocycles. The highest BCUT2D eigenvalue weighted by atomic mass is 35.5. The first-order chi connectivity index (χ1) is 23.7. The van der Waals surface area contributed by atoms with Gasteiger partial charge in [0, 0.05) is 44.6 Å². The summed E-state index contributed by atoms with van der Waals surface area (Å²) in [5.74, 6) is 1.75. The average molecular weight is 634 g/mol. The number of rotatable bonds is 5. The Morgan fingerprint density at radius 2 is 1.23 bits per heavy atom. The molecule has 48 heavy (non-hydrogen) atoms. The summed E-state index contributed by atoms with van der Waals surface area (Å²) in [5, 5.41) is 5.12. The normalized spacial score (nSPS) is 12.5. The van der Waals surface area contributed by atoms with Crippen molar-refractivity contribution in [2.24, 2.45) is 0 Å². The molecule has 0 bridgehead atoms. The monoisotopic (exact) mass is 633 g/mol. The second-order valence-electron chi connectivity index (χ2n) is 11.8. The van der Waals surface area contributed by atoms with Gasteiger partial charge in [-0.15, -0.1) is 0 Å². The largest absolute Gasteiger partial charge is 0.278 e. The van der Waals surface area contributed by atoms with Gasteiger partial charge in [0.1, 0.15) is 12.2 Å². The van der Waals surface area contributed by atoms with E-state index in [4.69, 9.17) is 26.6 Å². The summed E-state index contributed by atoms with van der Waals surface area (Å²) in [6.45, 7) is 0. The maximum absolute atomic E-state index is 6.41. The fraction of sp³-hybridized carbons (Fsp3) is 0. The van der Waals surface area contributed by atoms with Crippen molar-refractivity contribution in [1.82, 2.24) is 19.5 Å². The Hall–Kier alpha value is -6.19. The van der Waals surface area contributed by atoms with Crippen LogP contribution >= 0.6 is 11.6 Å². The van der Waals surface area contributed by atoms with E-state index in [0.29, 0.717) is 22.6 Å². The third kappa shape index (κ3) is 4.97. The van der Waals surface area contributed by atoms with Crippen LogP contribution in [0.3, 0.4) is 0 Å². The molecule has 2 aromatic heterocycles. The molecular formula is C43H26ClN4+. The van der Waals surface area contributed by atoms with E-state index in [9.17, 15) is 0 Å². The van der Waals surface area contributed by atoms with E-state index in [2.05, 4.69) is 132 Å². The summed E-state index contributed by atoms with van der Waals surface area (Å²) in [6.07, 6.45) is 11.2. The first-order valence-corrected chi connectivity index (χ1v) is 16.2. The molecule has 0 unspecified atom stereocenters. The second kappa shape index (κ2) is 11.6. The van der Waals surface area contributed by atoms with Crippen LogP contribution in [0.25, 0.3) is 78.0 Å². The summed E-state index contributed by atoms with van der Waals surface area (Å²) in [4.78, 5) is 15.5. The minimum atomic E-state index is 0.554. The van der Waals surface area contributed by atoms with Crippen LogP contribution < -0.4 is 0 Å². The number of benzene rings is 6. The van der Waals surface area contributed by atoms with Gasteiger partial charge >= 0.3 is 0 Å². The van der Waals surface area contributed by atoms with Crippen LogP contribution in [0.2, 0.25) is 5.02 Å². The lowest BCUT2D eigenvalue weighted by Crippen LogP contribution is -2.06. The number of nitrogens with zero attached hydrogens (tertiary/aromatic N) is 4. The van der Waals surface area contributed by atoms with E-state index in [-0.39, 0.29) is 0 Å². The quantitative estimate of drug-likeness (QED) is 0.177. The van der Waals surface area contributed by atoms with Crippen molar-refractivity contribution in [3.05, 3.63) is 174 Å². The zero-order valence-electron chi connectivity index (χ0n) is 25.7. The second-order valence-corrected chi connectivity index (χ2v) is 12.3. The van der Waals surface area contributed by atoms with Gasteiger partial charge in [-0.2, -0.15) is 9.97 Å². The van der Waals surface area contributed by atoms with E-state index in [1.54, 1.807) is 0 Å². The predicted octanol–water partition coefficient (Wildman–Crippen LogP) is 11.1. The highest BCUT2D eigenvalue weighted by Gasteiger charge is 2.19. The number of fused-ring (bicyclic) bond motifs is 4. The number of hydrogen-bond acceptors (Lipinski definition) is 3. The Kier molecular flexibility index (Phi) is 6.76. The van der Waals surface area contributed by atoms with Crippen molar-refractivity contribution in [3.8, 4) is 39.9 Å². The van der Waals surface area contributed by atoms with Crippen molar-refractivity contribution in [3.63, 3.8) is 0 Å². The zero-order chi connectivity index (χ0) is 32.0. The number of hydrogen-bond donors (Lipinski definition) is 0. The molecule has 5 heteroatoms. The summed E-state index contributed by atoms with van der Waals surface area (Å²) in [5.41, 5.74) is 8.23. The Labute approximate surface area is 282 Å². The molecule has 0 amide bonds. The zero-order valence-corrected chi connectivity index (χ0v) is 26.4. The van der Waals surface area contributed by atoms with E-state index in [1.165, 1.54) is 0 Å². The number of para-hydroxylation sites is 1. The van der Waals surface area contributed by atoms with Crippen molar-refractivity contribution in [2.75, 3.05) is 0 Å². The van der Waals surface area contributed by atoms with Crippen LogP contribution in [-0.4, -0.2) is 19.5 Å². The van der Waals surface area contributed by atoms with Gasteiger partial charge in [-0.1, -0.05) is 96.5 Å². The molecule has 0 radical (unpaired) electrons. The molecule has 0 atom stereocenters. The lowest BCUT2D eigenvalue weighted by atomic mass is 10.00. The molecular weight excluding hydrogens is 608 g/mol. The minimum Gasteiger partial charge on any atom is -0.278 e. The maximum atomic E-state index is 6.41. The predicted molar refractivity (Wildman–Crippen MR) is 198 cm³/mol. The van der Waals surface area contributed by atoms with E-state index < -0.39 is 0 Å². The fourth-order valence-electron chi connectivity index (χ4n) is 6.50. The van der Waals surface area contributed by atoms with E-state index in [1.807, 2.05) is 36.4 Å². The van der Waals surface area contributed by atoms with Gasteiger partial charge in [0.05, 0.1) is 22.7 Å². The number of allylic oxidation sites excluding steroid dienone is 6. The summed E-state index contributed by atoms with van der Waals surface area (Å²) in [6, 6.07) is 45.9. The van der Waals surface area contributed by atoms with Crippen molar-refractivity contribution < 1.29 is 0 Å². The van der Waals surface area contributed by atoms with Gasteiger partial charge in [0.15, 0.2) is 11.6 Å². The lowest BCUT2D eigenvalue weighted by molar-refractivity contribution is 0.954. The molecule has 6 aromatic carbocycles. The van der Waals surface area contributed by atoms with Gasteiger partial charge < -0.3 is 0 Å². The van der Waals surface area contributed by atoms with Gasteiger partial charge in [0.2, 0.25) is 5.95 Å². The molecule has 2 heterocycles. The van der Waals surface area contributed by atoms with Crippen LogP contribution in [0.4, 0.5) is 0 Å². The van der Waals surface area contributed by atoms with Gasteiger partial charge in [-0.3, -0.25) is 4.57 Å². The summed E-state index contributed by atoms with van der Waals surface area (Å²) >= 11 is 6.41. The lowest BCUT2D eigenvalue weighted by Gasteiger charge is -2.12. The highest BCUT2D eigenvalue weighted by Crippen LogP contribution is 2.36. The van der Waals surface area contributed by atoms with Gasteiger partial charge in [0.25, 0.3) is 0 Å². The summed E-state index contributed by atoms with van der Waals surface area (Å²) in [7, 11) is 0. The average Bonchev–Trinajstić information content (AvgIpc) is 3.47. The Bertz CT molecular complexity index is 2630. The third-order valence-electron chi connectivity index (χ3n) is 8.81. The Morgan fingerprint density at radius 3 is 2.02 bits per heavy atom. The topological polar surface area (TPSA) is 43.6 Å².